The zero-order valence-corrected chi connectivity index (χ0v) is 20.9. The number of hydrogen-bond acceptors (Lipinski definition) is 4. The first-order valence-electron chi connectivity index (χ1n) is 11.7. The van der Waals surface area contributed by atoms with Crippen LogP contribution in [0.5, 0.6) is 5.75 Å². The second kappa shape index (κ2) is 10.8. The summed E-state index contributed by atoms with van der Waals surface area (Å²) in [6.07, 6.45) is 0.691. The Hall–Kier alpha value is -3.84. The minimum Gasteiger partial charge on any atom is -0.493 e. The third-order valence-corrected chi connectivity index (χ3v) is 6.51. The third kappa shape index (κ3) is 5.36. The Morgan fingerprint density at radius 3 is 2.33 bits per heavy atom. The molecule has 0 unspecified atom stereocenters. The van der Waals surface area contributed by atoms with Crippen LogP contribution < -0.4 is 20.3 Å². The fourth-order valence-corrected chi connectivity index (χ4v) is 4.75. The van der Waals surface area contributed by atoms with Gasteiger partial charge in [-0.3, -0.25) is 14.4 Å². The summed E-state index contributed by atoms with van der Waals surface area (Å²) in [5, 5.41) is 0.598. The second-order valence-corrected chi connectivity index (χ2v) is 9.23. The van der Waals surface area contributed by atoms with Crippen molar-refractivity contribution in [2.24, 2.45) is 5.73 Å². The highest BCUT2D eigenvalue weighted by molar-refractivity contribution is 6.30. The average Bonchev–Trinajstić information content (AvgIpc) is 2.85. The van der Waals surface area contributed by atoms with Crippen LogP contribution in [0.15, 0.2) is 72.8 Å². The maximum absolute atomic E-state index is 13.6. The van der Waals surface area contributed by atoms with E-state index in [0.717, 1.165) is 16.9 Å². The van der Waals surface area contributed by atoms with Gasteiger partial charge in [-0.05, 0) is 73.5 Å². The average molecular weight is 506 g/mol. The van der Waals surface area contributed by atoms with Gasteiger partial charge in [0.2, 0.25) is 11.8 Å². The third-order valence-electron chi connectivity index (χ3n) is 6.25. The van der Waals surface area contributed by atoms with Crippen LogP contribution in [-0.2, 0) is 9.59 Å². The molecule has 0 saturated carbocycles. The lowest BCUT2D eigenvalue weighted by atomic mass is 9.89. The Morgan fingerprint density at radius 1 is 1.03 bits per heavy atom. The molecule has 0 bridgehead atoms. The highest BCUT2D eigenvalue weighted by atomic mass is 35.5. The lowest BCUT2D eigenvalue weighted by molar-refractivity contribution is -0.118. The van der Waals surface area contributed by atoms with Crippen molar-refractivity contribution in [3.05, 3.63) is 88.9 Å². The molecule has 1 heterocycles. The van der Waals surface area contributed by atoms with Crippen molar-refractivity contribution in [3.63, 3.8) is 0 Å². The van der Waals surface area contributed by atoms with Gasteiger partial charge >= 0.3 is 0 Å². The first kappa shape index (κ1) is 25.3. The molecule has 4 rings (SSSR count). The molecule has 0 spiro atoms. The predicted octanol–water partition coefficient (Wildman–Crippen LogP) is 5.13. The number of fused-ring (bicyclic) bond motifs is 1. The molecule has 0 radical (unpaired) electrons. The lowest BCUT2D eigenvalue weighted by Gasteiger charge is -2.43. The van der Waals surface area contributed by atoms with Crippen molar-refractivity contribution in [2.75, 3.05) is 16.4 Å². The van der Waals surface area contributed by atoms with Crippen LogP contribution in [0.25, 0.3) is 0 Å². The van der Waals surface area contributed by atoms with Crippen molar-refractivity contribution in [3.8, 4) is 5.75 Å². The van der Waals surface area contributed by atoms with E-state index in [1.807, 2.05) is 43.3 Å². The van der Waals surface area contributed by atoms with Gasteiger partial charge in [-0.1, -0.05) is 29.8 Å². The summed E-state index contributed by atoms with van der Waals surface area (Å²) < 4.78 is 5.52. The number of benzene rings is 3. The molecular weight excluding hydrogens is 478 g/mol. The number of nitrogens with two attached hydrogens (primary N) is 1. The largest absolute Gasteiger partial charge is 0.493 e. The van der Waals surface area contributed by atoms with Gasteiger partial charge < -0.3 is 20.3 Å². The van der Waals surface area contributed by atoms with Gasteiger partial charge in [0.05, 0.1) is 19.1 Å². The van der Waals surface area contributed by atoms with E-state index in [0.29, 0.717) is 22.8 Å². The maximum atomic E-state index is 13.6. The number of carbonyl (C=O) groups is 3. The monoisotopic (exact) mass is 505 g/mol. The van der Waals surface area contributed by atoms with E-state index in [-0.39, 0.29) is 36.9 Å². The quantitative estimate of drug-likeness (QED) is 0.482. The van der Waals surface area contributed by atoms with E-state index in [4.69, 9.17) is 22.1 Å². The molecule has 7 nitrogen and oxygen atoms in total. The number of ether oxygens (including phenoxy) is 1. The number of anilines is 2. The molecule has 1 aliphatic rings. The van der Waals surface area contributed by atoms with Gasteiger partial charge in [-0.25, -0.2) is 0 Å². The summed E-state index contributed by atoms with van der Waals surface area (Å²) in [6.45, 7) is 3.72. The summed E-state index contributed by atoms with van der Waals surface area (Å²) in [4.78, 5) is 40.9. The van der Waals surface area contributed by atoms with Crippen LogP contribution in [0.3, 0.4) is 0 Å². The molecule has 2 N–H and O–H groups in total. The number of amides is 3. The van der Waals surface area contributed by atoms with Crippen molar-refractivity contribution >= 4 is 40.7 Å². The van der Waals surface area contributed by atoms with Crippen LogP contribution in [0, 0.1) is 0 Å². The number of halogens is 1. The molecule has 3 aromatic rings. The van der Waals surface area contributed by atoms with Crippen molar-refractivity contribution in [2.45, 2.75) is 38.8 Å². The molecule has 2 atom stereocenters. The van der Waals surface area contributed by atoms with Gasteiger partial charge in [0.15, 0.2) is 0 Å². The number of carbonyl (C=O) groups excluding carboxylic acids is 3. The minimum atomic E-state index is -0.433. The summed E-state index contributed by atoms with van der Waals surface area (Å²) >= 11 is 6.07. The fourth-order valence-electron chi connectivity index (χ4n) is 4.62. The Labute approximate surface area is 215 Å². The molecular formula is C28H28ClN3O4. The predicted molar refractivity (Wildman–Crippen MR) is 140 cm³/mol. The number of rotatable bonds is 7. The Kier molecular flexibility index (Phi) is 7.60. The first-order valence-corrected chi connectivity index (χ1v) is 12.1. The number of primary amides is 1. The smallest absolute Gasteiger partial charge is 0.258 e. The van der Waals surface area contributed by atoms with Gasteiger partial charge in [0, 0.05) is 34.9 Å². The van der Waals surface area contributed by atoms with E-state index in [1.165, 1.54) is 0 Å². The maximum Gasteiger partial charge on any atom is 0.258 e. The minimum absolute atomic E-state index is 0.0870. The van der Waals surface area contributed by atoms with Crippen molar-refractivity contribution < 1.29 is 19.1 Å². The number of para-hydroxylation sites is 1. The van der Waals surface area contributed by atoms with Crippen LogP contribution in [-0.4, -0.2) is 30.4 Å². The Bertz CT molecular complexity index is 1260. The summed E-state index contributed by atoms with van der Waals surface area (Å²) in [6, 6.07) is 21.3. The molecule has 0 fully saturated rings. The zero-order valence-electron chi connectivity index (χ0n) is 20.2. The van der Waals surface area contributed by atoms with Crippen LogP contribution >= 0.6 is 11.6 Å². The van der Waals surface area contributed by atoms with Crippen LogP contribution in [0.1, 0.15) is 48.7 Å². The van der Waals surface area contributed by atoms with Crippen LogP contribution in [0.2, 0.25) is 5.02 Å². The van der Waals surface area contributed by atoms with Gasteiger partial charge in [0.1, 0.15) is 5.75 Å². The van der Waals surface area contributed by atoms with Gasteiger partial charge in [-0.15, -0.1) is 0 Å². The van der Waals surface area contributed by atoms with Crippen molar-refractivity contribution in [1.29, 1.82) is 0 Å². The SMILES string of the molecule is CC(=O)N(c1ccc(Cl)cc1)[C@@H]1C[C@H](C)N(C(=O)c2ccc(OCCC(N)=O)cc2)c2ccccc21. The van der Waals surface area contributed by atoms with Crippen LogP contribution in [0.4, 0.5) is 11.4 Å². The Balaban J connectivity index is 1.63. The summed E-state index contributed by atoms with van der Waals surface area (Å²) in [5.41, 5.74) is 8.09. The van der Waals surface area contributed by atoms with E-state index in [9.17, 15) is 14.4 Å². The highest BCUT2D eigenvalue weighted by Gasteiger charge is 2.38. The Morgan fingerprint density at radius 2 is 1.69 bits per heavy atom. The molecule has 3 amide bonds. The number of hydrogen-bond donors (Lipinski definition) is 1. The highest BCUT2D eigenvalue weighted by Crippen LogP contribution is 2.42. The molecule has 0 saturated heterocycles. The molecule has 36 heavy (non-hydrogen) atoms. The molecule has 186 valence electrons. The van der Waals surface area contributed by atoms with E-state index in [1.54, 1.807) is 53.1 Å². The zero-order chi connectivity index (χ0) is 25.8. The van der Waals surface area contributed by atoms with E-state index in [2.05, 4.69) is 0 Å². The fraction of sp³-hybridized carbons (Fsp3) is 0.250. The number of nitrogens with zero attached hydrogens (tertiary/aromatic N) is 2. The standard InChI is InChI=1S/C28H28ClN3O4/c1-18-17-26(32(19(2)33)22-11-9-21(29)10-12-22)24-5-3-4-6-25(24)31(18)28(35)20-7-13-23(14-8-20)36-16-15-27(30)34/h3-14,18,26H,15-17H2,1-2H3,(H2,30,34)/t18-,26+/m0/s1. The molecule has 0 aromatic heterocycles. The molecule has 1 aliphatic heterocycles. The topological polar surface area (TPSA) is 92.9 Å². The summed E-state index contributed by atoms with van der Waals surface area (Å²) in [5.74, 6) is -0.105. The van der Waals surface area contributed by atoms with E-state index >= 15 is 0 Å². The van der Waals surface area contributed by atoms with Crippen molar-refractivity contribution in [1.82, 2.24) is 0 Å². The normalized spacial score (nSPS) is 16.7. The van der Waals surface area contributed by atoms with Gasteiger partial charge in [-0.2, -0.15) is 0 Å². The van der Waals surface area contributed by atoms with E-state index < -0.39 is 5.91 Å². The second-order valence-electron chi connectivity index (χ2n) is 8.79. The molecule has 3 aromatic carbocycles. The van der Waals surface area contributed by atoms with Gasteiger partial charge in [0.25, 0.3) is 5.91 Å². The first-order chi connectivity index (χ1) is 17.3. The molecule has 0 aliphatic carbocycles. The lowest BCUT2D eigenvalue weighted by Crippen LogP contribution is -2.47. The summed E-state index contributed by atoms with van der Waals surface area (Å²) in [7, 11) is 0. The molecule has 8 heteroatoms.